The predicted molar refractivity (Wildman–Crippen MR) is 77.8 cm³/mol. The Bertz CT molecular complexity index is 379. The average Bonchev–Trinajstić information content (AvgIpc) is 2.69. The first-order chi connectivity index (χ1) is 8.41. The van der Waals surface area contributed by atoms with Crippen LogP contribution < -0.4 is 5.32 Å². The van der Waals surface area contributed by atoms with Crippen LogP contribution in [0.3, 0.4) is 0 Å². The highest BCUT2D eigenvalue weighted by molar-refractivity contribution is 9.10. The molecule has 0 atom stereocenters. The topological polar surface area (TPSA) is 48.1 Å². The Kier molecular flexibility index (Phi) is 5.88. The van der Waals surface area contributed by atoms with Crippen LogP contribution in [0.25, 0.3) is 0 Å². The maximum atomic E-state index is 11.8. The van der Waals surface area contributed by atoms with Crippen molar-refractivity contribution < 1.29 is 4.79 Å². The van der Waals surface area contributed by atoms with E-state index in [-0.39, 0.29) is 5.91 Å². The highest BCUT2D eigenvalue weighted by atomic mass is 79.9. The summed E-state index contributed by atoms with van der Waals surface area (Å²) >= 11 is 3.31. The first-order valence-electron chi connectivity index (χ1n) is 6.29. The van der Waals surface area contributed by atoms with Gasteiger partial charge in [0.05, 0.1) is 0 Å². The van der Waals surface area contributed by atoms with E-state index in [1.807, 2.05) is 0 Å². The van der Waals surface area contributed by atoms with Crippen LogP contribution in [0.5, 0.6) is 0 Å². The largest absolute Gasteiger partial charge is 0.356 e. The van der Waals surface area contributed by atoms with Crippen molar-refractivity contribution in [3.63, 3.8) is 0 Å². The zero-order valence-electron chi connectivity index (χ0n) is 11.5. The van der Waals surface area contributed by atoms with Crippen LogP contribution in [0.1, 0.15) is 38.2 Å². The zero-order valence-corrected chi connectivity index (χ0v) is 13.0. The second-order valence-electron chi connectivity index (χ2n) is 4.91. The second kappa shape index (κ2) is 6.95. The molecule has 0 fully saturated rings. The molecule has 0 saturated carbocycles. The van der Waals surface area contributed by atoms with E-state index in [2.05, 4.69) is 58.8 Å². The Morgan fingerprint density at radius 3 is 2.44 bits per heavy atom. The number of aromatic nitrogens is 1. The SMILES string of the molecule is CC(C)N(CCNC(=O)c1cc(Br)c[nH]1)C(C)C. The molecule has 4 nitrogen and oxygen atoms in total. The molecule has 1 heterocycles. The summed E-state index contributed by atoms with van der Waals surface area (Å²) in [6.07, 6.45) is 1.75. The summed E-state index contributed by atoms with van der Waals surface area (Å²) in [6.45, 7) is 10.2. The number of nitrogens with one attached hydrogen (secondary N) is 2. The molecule has 0 aliphatic heterocycles. The van der Waals surface area contributed by atoms with Gasteiger partial charge in [-0.2, -0.15) is 0 Å². The zero-order chi connectivity index (χ0) is 13.7. The number of halogens is 1. The third-order valence-electron chi connectivity index (χ3n) is 2.87. The molecule has 0 saturated heterocycles. The van der Waals surface area contributed by atoms with Gasteiger partial charge >= 0.3 is 0 Å². The molecule has 2 N–H and O–H groups in total. The van der Waals surface area contributed by atoms with Gasteiger partial charge in [-0.25, -0.2) is 0 Å². The van der Waals surface area contributed by atoms with Gasteiger partial charge in [-0.15, -0.1) is 0 Å². The maximum absolute atomic E-state index is 11.8. The fraction of sp³-hybridized carbons (Fsp3) is 0.615. The van der Waals surface area contributed by atoms with Gasteiger partial charge < -0.3 is 10.3 Å². The molecular weight excluding hydrogens is 294 g/mol. The van der Waals surface area contributed by atoms with E-state index in [1.165, 1.54) is 0 Å². The highest BCUT2D eigenvalue weighted by Crippen LogP contribution is 2.10. The summed E-state index contributed by atoms with van der Waals surface area (Å²) in [5, 5.41) is 2.92. The summed E-state index contributed by atoms with van der Waals surface area (Å²) in [4.78, 5) is 17.1. The molecule has 102 valence electrons. The van der Waals surface area contributed by atoms with Gasteiger partial charge in [-0.1, -0.05) is 0 Å². The lowest BCUT2D eigenvalue weighted by molar-refractivity contribution is 0.0935. The van der Waals surface area contributed by atoms with Gasteiger partial charge in [0.25, 0.3) is 5.91 Å². The Morgan fingerprint density at radius 1 is 1.39 bits per heavy atom. The molecule has 0 aliphatic rings. The Morgan fingerprint density at radius 2 is 2.00 bits per heavy atom. The number of carbonyl (C=O) groups is 1. The van der Waals surface area contributed by atoms with E-state index >= 15 is 0 Å². The normalized spacial score (nSPS) is 11.6. The van der Waals surface area contributed by atoms with Gasteiger partial charge in [-0.3, -0.25) is 9.69 Å². The maximum Gasteiger partial charge on any atom is 0.267 e. The van der Waals surface area contributed by atoms with Crippen LogP contribution in [0.15, 0.2) is 16.7 Å². The van der Waals surface area contributed by atoms with Gasteiger partial charge in [0.1, 0.15) is 5.69 Å². The Labute approximate surface area is 117 Å². The number of H-pyrrole nitrogens is 1. The number of nitrogens with zero attached hydrogens (tertiary/aromatic N) is 1. The summed E-state index contributed by atoms with van der Waals surface area (Å²) in [5.74, 6) is -0.0619. The van der Waals surface area contributed by atoms with Crippen LogP contribution >= 0.6 is 15.9 Å². The molecule has 1 amide bonds. The van der Waals surface area contributed by atoms with Crippen LogP contribution in [-0.2, 0) is 0 Å². The lowest BCUT2D eigenvalue weighted by Crippen LogP contribution is -2.42. The molecule has 18 heavy (non-hydrogen) atoms. The Balaban J connectivity index is 2.39. The first kappa shape index (κ1) is 15.2. The van der Waals surface area contributed by atoms with Crippen LogP contribution in [0.4, 0.5) is 0 Å². The van der Waals surface area contributed by atoms with Crippen molar-refractivity contribution >= 4 is 21.8 Å². The van der Waals surface area contributed by atoms with Crippen molar-refractivity contribution in [2.24, 2.45) is 0 Å². The monoisotopic (exact) mass is 315 g/mol. The van der Waals surface area contributed by atoms with E-state index in [0.29, 0.717) is 24.3 Å². The standard InChI is InChI=1S/C13H22BrN3O/c1-9(2)17(10(3)4)6-5-15-13(18)12-7-11(14)8-16-12/h7-10,16H,5-6H2,1-4H3,(H,15,18). The minimum atomic E-state index is -0.0619. The summed E-state index contributed by atoms with van der Waals surface area (Å²) in [5.41, 5.74) is 0.586. The van der Waals surface area contributed by atoms with Crippen LogP contribution in [-0.4, -0.2) is 41.0 Å². The lowest BCUT2D eigenvalue weighted by atomic mass is 10.2. The van der Waals surface area contributed by atoms with Crippen molar-refractivity contribution in [2.75, 3.05) is 13.1 Å². The predicted octanol–water partition coefficient (Wildman–Crippen LogP) is 2.63. The number of carbonyl (C=O) groups excluding carboxylic acids is 1. The quantitative estimate of drug-likeness (QED) is 0.847. The van der Waals surface area contributed by atoms with Gasteiger partial charge in [0.2, 0.25) is 0 Å². The summed E-state index contributed by atoms with van der Waals surface area (Å²) in [7, 11) is 0. The number of hydrogen-bond acceptors (Lipinski definition) is 2. The van der Waals surface area contributed by atoms with Crippen molar-refractivity contribution in [3.05, 3.63) is 22.4 Å². The molecule has 0 aliphatic carbocycles. The Hall–Kier alpha value is -0.810. The minimum absolute atomic E-state index is 0.0619. The van der Waals surface area contributed by atoms with Gasteiger partial charge in [0.15, 0.2) is 0 Å². The fourth-order valence-corrected chi connectivity index (χ4v) is 2.35. The minimum Gasteiger partial charge on any atom is -0.356 e. The van der Waals surface area contributed by atoms with Crippen molar-refractivity contribution in [1.82, 2.24) is 15.2 Å². The molecule has 0 unspecified atom stereocenters. The van der Waals surface area contributed by atoms with Gasteiger partial charge in [-0.05, 0) is 49.7 Å². The number of aromatic amines is 1. The van der Waals surface area contributed by atoms with E-state index in [4.69, 9.17) is 0 Å². The molecular formula is C13H22BrN3O. The van der Waals surface area contributed by atoms with Gasteiger partial charge in [0, 0.05) is 35.8 Å². The van der Waals surface area contributed by atoms with Crippen molar-refractivity contribution in [2.45, 2.75) is 39.8 Å². The molecule has 0 bridgehead atoms. The molecule has 1 aromatic heterocycles. The number of hydrogen-bond donors (Lipinski definition) is 2. The molecule has 1 aromatic rings. The lowest BCUT2D eigenvalue weighted by Gasteiger charge is -2.30. The van der Waals surface area contributed by atoms with Crippen LogP contribution in [0.2, 0.25) is 0 Å². The third-order valence-corrected chi connectivity index (χ3v) is 3.33. The highest BCUT2D eigenvalue weighted by Gasteiger charge is 2.13. The third kappa shape index (κ3) is 4.46. The average molecular weight is 316 g/mol. The van der Waals surface area contributed by atoms with Crippen molar-refractivity contribution in [3.8, 4) is 0 Å². The smallest absolute Gasteiger partial charge is 0.267 e. The van der Waals surface area contributed by atoms with E-state index < -0.39 is 0 Å². The van der Waals surface area contributed by atoms with E-state index in [1.54, 1.807) is 12.3 Å². The van der Waals surface area contributed by atoms with Crippen molar-refractivity contribution in [1.29, 1.82) is 0 Å². The van der Waals surface area contributed by atoms with Crippen LogP contribution in [0, 0.1) is 0 Å². The molecule has 0 spiro atoms. The van der Waals surface area contributed by atoms with E-state index in [0.717, 1.165) is 11.0 Å². The molecule has 1 rings (SSSR count). The second-order valence-corrected chi connectivity index (χ2v) is 5.83. The summed E-state index contributed by atoms with van der Waals surface area (Å²) < 4.78 is 0.888. The molecule has 0 aromatic carbocycles. The molecule has 0 radical (unpaired) electrons. The first-order valence-corrected chi connectivity index (χ1v) is 7.09. The summed E-state index contributed by atoms with van der Waals surface area (Å²) in [6, 6.07) is 2.75. The fourth-order valence-electron chi connectivity index (χ4n) is 2.01. The van der Waals surface area contributed by atoms with E-state index in [9.17, 15) is 4.79 Å². The number of amides is 1. The molecule has 5 heteroatoms. The number of rotatable bonds is 6.